The summed E-state index contributed by atoms with van der Waals surface area (Å²) in [6.07, 6.45) is 5.49. The maximum Gasteiger partial charge on any atom is 0.261 e. The first-order chi connectivity index (χ1) is 16.7. The lowest BCUT2D eigenvalue weighted by Crippen LogP contribution is -2.35. The number of aromatic nitrogens is 1. The van der Waals surface area contributed by atoms with Gasteiger partial charge in [-0.1, -0.05) is 18.0 Å². The van der Waals surface area contributed by atoms with E-state index in [0.29, 0.717) is 24.5 Å². The lowest BCUT2D eigenvalue weighted by Gasteiger charge is -2.26. The third kappa shape index (κ3) is 5.81. The Morgan fingerprint density at radius 3 is 2.23 bits per heavy atom. The molecule has 35 heavy (non-hydrogen) atoms. The maximum absolute atomic E-state index is 13.0. The molecule has 3 aromatic rings. The molecule has 2 N–H and O–H groups in total. The fraction of sp³-hybridized carbons (Fsp3) is 0.217. The van der Waals surface area contributed by atoms with Crippen LogP contribution in [0.15, 0.2) is 76.8 Å². The number of benzene rings is 2. The van der Waals surface area contributed by atoms with E-state index in [2.05, 4.69) is 15.0 Å². The Hall–Kier alpha value is -2.99. The van der Waals surface area contributed by atoms with E-state index < -0.39 is 26.0 Å². The monoisotopic (exact) mass is 534 g/mol. The van der Waals surface area contributed by atoms with Crippen molar-refractivity contribution in [3.8, 4) is 0 Å². The third-order valence-corrected chi connectivity index (χ3v) is 9.09. The van der Waals surface area contributed by atoms with Gasteiger partial charge >= 0.3 is 0 Å². The number of carbonyl (C=O) groups is 1. The van der Waals surface area contributed by atoms with Crippen LogP contribution in [0.2, 0.25) is 5.02 Å². The van der Waals surface area contributed by atoms with E-state index in [4.69, 9.17) is 11.6 Å². The minimum Gasteiger partial charge on any atom is -0.322 e. The van der Waals surface area contributed by atoms with E-state index >= 15 is 0 Å². The van der Waals surface area contributed by atoms with Gasteiger partial charge in [0, 0.05) is 25.0 Å². The molecule has 12 heteroatoms. The first-order valence-corrected chi connectivity index (χ1v) is 14.1. The van der Waals surface area contributed by atoms with Gasteiger partial charge in [0.15, 0.2) is 0 Å². The van der Waals surface area contributed by atoms with Crippen LogP contribution in [0.5, 0.6) is 0 Å². The van der Waals surface area contributed by atoms with Crippen molar-refractivity contribution in [2.24, 2.45) is 0 Å². The minimum atomic E-state index is -3.85. The average molecular weight is 535 g/mol. The lowest BCUT2D eigenvalue weighted by molar-refractivity contribution is 0.102. The molecular formula is C23H23ClN4O5S2. The number of pyridine rings is 1. The minimum absolute atomic E-state index is 0.000284. The highest BCUT2D eigenvalue weighted by Crippen LogP contribution is 2.26. The number of rotatable bonds is 7. The van der Waals surface area contributed by atoms with E-state index in [1.807, 2.05) is 0 Å². The van der Waals surface area contributed by atoms with Crippen molar-refractivity contribution < 1.29 is 21.6 Å². The predicted molar refractivity (Wildman–Crippen MR) is 134 cm³/mol. The maximum atomic E-state index is 13.0. The smallest absolute Gasteiger partial charge is 0.261 e. The number of piperidine rings is 1. The van der Waals surface area contributed by atoms with E-state index in [1.54, 1.807) is 12.1 Å². The van der Waals surface area contributed by atoms with Gasteiger partial charge < -0.3 is 5.32 Å². The van der Waals surface area contributed by atoms with E-state index in [0.717, 1.165) is 19.3 Å². The Morgan fingerprint density at radius 2 is 1.57 bits per heavy atom. The molecule has 184 valence electrons. The van der Waals surface area contributed by atoms with Gasteiger partial charge in [0.05, 0.1) is 32.3 Å². The molecule has 4 rings (SSSR count). The van der Waals surface area contributed by atoms with Crippen LogP contribution in [-0.2, 0) is 20.0 Å². The highest BCUT2D eigenvalue weighted by atomic mass is 35.5. The topological polar surface area (TPSA) is 126 Å². The summed E-state index contributed by atoms with van der Waals surface area (Å²) in [5.74, 6) is -0.616. The van der Waals surface area contributed by atoms with Crippen molar-refractivity contribution in [3.63, 3.8) is 0 Å². The third-order valence-electron chi connectivity index (χ3n) is 5.47. The zero-order valence-corrected chi connectivity index (χ0v) is 20.9. The average Bonchev–Trinajstić information content (AvgIpc) is 2.85. The number of sulfonamides is 2. The van der Waals surface area contributed by atoms with Crippen LogP contribution in [0.3, 0.4) is 0 Å². The summed E-state index contributed by atoms with van der Waals surface area (Å²) in [6.45, 7) is 0.884. The molecule has 1 fully saturated rings. The fourth-order valence-electron chi connectivity index (χ4n) is 3.65. The molecule has 2 aromatic carbocycles. The second-order valence-electron chi connectivity index (χ2n) is 7.93. The van der Waals surface area contributed by atoms with Crippen molar-refractivity contribution in [1.82, 2.24) is 9.29 Å². The van der Waals surface area contributed by atoms with Crippen molar-refractivity contribution in [3.05, 3.63) is 77.6 Å². The quantitative estimate of drug-likeness (QED) is 0.472. The normalized spacial score (nSPS) is 14.9. The zero-order valence-electron chi connectivity index (χ0n) is 18.5. The number of hydrogen-bond acceptors (Lipinski definition) is 6. The summed E-state index contributed by atoms with van der Waals surface area (Å²) in [7, 11) is -7.58. The number of anilines is 2. The van der Waals surface area contributed by atoms with Crippen LogP contribution >= 0.6 is 11.6 Å². The summed E-state index contributed by atoms with van der Waals surface area (Å²) in [4.78, 5) is 16.7. The van der Waals surface area contributed by atoms with Crippen molar-refractivity contribution in [2.75, 3.05) is 23.1 Å². The predicted octanol–water partition coefficient (Wildman–Crippen LogP) is 3.96. The number of nitrogens with zero attached hydrogens (tertiary/aromatic N) is 2. The Bertz CT molecular complexity index is 1420. The van der Waals surface area contributed by atoms with Crippen LogP contribution in [0.4, 0.5) is 11.4 Å². The van der Waals surface area contributed by atoms with Gasteiger partial charge in [0.1, 0.15) is 0 Å². The fourth-order valence-corrected chi connectivity index (χ4v) is 6.44. The van der Waals surface area contributed by atoms with E-state index in [-0.39, 0.29) is 20.4 Å². The highest BCUT2D eigenvalue weighted by Gasteiger charge is 2.27. The molecular weight excluding hydrogens is 512 g/mol. The molecule has 1 amide bonds. The molecule has 1 aromatic heterocycles. The van der Waals surface area contributed by atoms with Gasteiger partial charge in [-0.15, -0.1) is 0 Å². The van der Waals surface area contributed by atoms with Crippen molar-refractivity contribution in [1.29, 1.82) is 0 Å². The summed E-state index contributed by atoms with van der Waals surface area (Å²) in [5.41, 5.74) is 0.634. The van der Waals surface area contributed by atoms with Crippen molar-refractivity contribution >= 4 is 48.9 Å². The largest absolute Gasteiger partial charge is 0.322 e. The standard InChI is InChI=1S/C23H23ClN4O5S2/c24-22-11-10-20(35(32,33)28-13-2-1-3-14-28)15-21(22)23(29)26-17-6-8-19(9-7-17)34(30,31)27-18-5-4-12-25-16-18/h4-12,15-16,27H,1-3,13-14H2,(H,26,29). The van der Waals surface area contributed by atoms with Gasteiger partial charge in [0.2, 0.25) is 10.0 Å². The second-order valence-corrected chi connectivity index (χ2v) is 12.0. The van der Waals surface area contributed by atoms with Crippen molar-refractivity contribution in [2.45, 2.75) is 29.1 Å². The molecule has 0 radical (unpaired) electrons. The zero-order chi connectivity index (χ0) is 25.1. The summed E-state index contributed by atoms with van der Waals surface area (Å²) in [5, 5.41) is 2.73. The SMILES string of the molecule is O=C(Nc1ccc(S(=O)(=O)Nc2cccnc2)cc1)c1cc(S(=O)(=O)N2CCCCC2)ccc1Cl. The molecule has 0 atom stereocenters. The van der Waals surface area contributed by atoms with Gasteiger partial charge in [0.25, 0.3) is 15.9 Å². The first-order valence-electron chi connectivity index (χ1n) is 10.8. The first kappa shape index (κ1) is 25.1. The molecule has 1 aliphatic heterocycles. The summed E-state index contributed by atoms with van der Waals surface area (Å²) < 4.78 is 54.9. The number of hydrogen-bond donors (Lipinski definition) is 2. The summed E-state index contributed by atoms with van der Waals surface area (Å²) in [6, 6.07) is 12.7. The van der Waals surface area contributed by atoms with Gasteiger partial charge in [-0.3, -0.25) is 14.5 Å². The molecule has 0 saturated carbocycles. The number of amides is 1. The van der Waals surface area contributed by atoms with Gasteiger partial charge in [-0.05, 0) is 67.4 Å². The van der Waals surface area contributed by atoms with Gasteiger partial charge in [-0.2, -0.15) is 4.31 Å². The number of halogens is 1. The second kappa shape index (κ2) is 10.3. The van der Waals surface area contributed by atoms with Gasteiger partial charge in [-0.25, -0.2) is 16.8 Å². The molecule has 0 aliphatic carbocycles. The van der Waals surface area contributed by atoms with Crippen LogP contribution in [-0.4, -0.2) is 45.1 Å². The molecule has 0 unspecified atom stereocenters. The number of nitrogens with one attached hydrogen (secondary N) is 2. The molecule has 0 spiro atoms. The molecule has 9 nitrogen and oxygen atoms in total. The highest BCUT2D eigenvalue weighted by molar-refractivity contribution is 7.92. The Balaban J connectivity index is 1.50. The van der Waals surface area contributed by atoms with Crippen LogP contribution in [0.1, 0.15) is 29.6 Å². The number of carbonyl (C=O) groups excluding carboxylic acids is 1. The molecule has 2 heterocycles. The Morgan fingerprint density at radius 1 is 0.886 bits per heavy atom. The lowest BCUT2D eigenvalue weighted by atomic mass is 10.2. The Labute approximate surface area is 209 Å². The van der Waals surface area contributed by atoms with Crippen LogP contribution in [0.25, 0.3) is 0 Å². The van der Waals surface area contributed by atoms with Crippen LogP contribution < -0.4 is 10.0 Å². The molecule has 1 aliphatic rings. The molecule has 1 saturated heterocycles. The van der Waals surface area contributed by atoms with E-state index in [1.165, 1.54) is 59.2 Å². The summed E-state index contributed by atoms with van der Waals surface area (Å²) >= 11 is 6.19. The molecule has 0 bridgehead atoms. The van der Waals surface area contributed by atoms with Crippen LogP contribution in [0, 0.1) is 0 Å². The Kier molecular flexibility index (Phi) is 7.41. The van der Waals surface area contributed by atoms with E-state index in [9.17, 15) is 21.6 Å².